The van der Waals surface area contributed by atoms with E-state index in [9.17, 15) is 0 Å². The Kier molecular flexibility index (Phi) is 4.02. The number of hydrogen-bond donors (Lipinski definition) is 2. The van der Waals surface area contributed by atoms with Crippen LogP contribution in [0, 0.1) is 0 Å². The van der Waals surface area contributed by atoms with E-state index < -0.39 is 0 Å². The molecule has 0 aliphatic carbocycles. The molecule has 0 bridgehead atoms. The molecule has 5 heteroatoms. The third-order valence-electron chi connectivity index (χ3n) is 3.38. The van der Waals surface area contributed by atoms with Gasteiger partial charge in [-0.25, -0.2) is 0 Å². The van der Waals surface area contributed by atoms with Crippen LogP contribution < -0.4 is 10.5 Å². The van der Waals surface area contributed by atoms with Crippen molar-refractivity contribution < 1.29 is 4.74 Å². The number of ether oxygens (including phenoxy) is 1. The maximum atomic E-state index is 6.11. The predicted octanol–water partition coefficient (Wildman–Crippen LogP) is 4.45. The number of benzene rings is 2. The van der Waals surface area contributed by atoms with Crippen LogP contribution in [-0.4, -0.2) is 10.2 Å². The number of H-pyrrole nitrogens is 1. The lowest BCUT2D eigenvalue weighted by atomic mass is 10.1. The number of rotatable bonds is 4. The Morgan fingerprint density at radius 2 is 1.86 bits per heavy atom. The first-order valence-corrected chi connectivity index (χ1v) is 7.33. The number of halogens is 1. The lowest BCUT2D eigenvalue weighted by Crippen LogP contribution is -2.03. The number of anilines is 1. The molecule has 112 valence electrons. The van der Waals surface area contributed by atoms with Gasteiger partial charge in [0.2, 0.25) is 0 Å². The summed E-state index contributed by atoms with van der Waals surface area (Å²) in [6.45, 7) is 1.95. The lowest BCUT2D eigenvalue weighted by Gasteiger charge is -2.13. The molecule has 3 rings (SSSR count). The van der Waals surface area contributed by atoms with Crippen LogP contribution in [0.4, 0.5) is 5.69 Å². The zero-order valence-corrected chi connectivity index (χ0v) is 12.8. The molecule has 1 aromatic heterocycles. The molecular weight excluding hydrogens is 298 g/mol. The summed E-state index contributed by atoms with van der Waals surface area (Å²) in [5, 5.41) is 7.92. The lowest BCUT2D eigenvalue weighted by molar-refractivity contribution is 0.222. The molecular formula is C17H16ClN3O. The molecule has 0 radical (unpaired) electrons. The van der Waals surface area contributed by atoms with Crippen LogP contribution in [0.25, 0.3) is 11.3 Å². The Bertz CT molecular complexity index is 768. The van der Waals surface area contributed by atoms with Gasteiger partial charge in [0.1, 0.15) is 11.9 Å². The van der Waals surface area contributed by atoms with Gasteiger partial charge in [-0.15, -0.1) is 0 Å². The van der Waals surface area contributed by atoms with Crippen molar-refractivity contribution in [3.05, 3.63) is 65.3 Å². The number of aromatic nitrogens is 2. The van der Waals surface area contributed by atoms with Crippen LogP contribution in [0.3, 0.4) is 0 Å². The summed E-state index contributed by atoms with van der Waals surface area (Å²) < 4.78 is 5.88. The SMILES string of the molecule is CC(Oc1ccccc1Cl)c1cc(-c2ccc(N)cc2)n[nH]1. The Hall–Kier alpha value is -2.46. The number of nitrogens with zero attached hydrogens (tertiary/aromatic N) is 1. The van der Waals surface area contributed by atoms with Crippen molar-refractivity contribution in [2.45, 2.75) is 13.0 Å². The smallest absolute Gasteiger partial charge is 0.138 e. The summed E-state index contributed by atoms with van der Waals surface area (Å²) >= 11 is 6.11. The van der Waals surface area contributed by atoms with Gasteiger partial charge < -0.3 is 10.5 Å². The van der Waals surface area contributed by atoms with Gasteiger partial charge in [-0.05, 0) is 37.3 Å². The minimum Gasteiger partial charge on any atom is -0.483 e. The predicted molar refractivity (Wildman–Crippen MR) is 88.9 cm³/mol. The molecule has 0 aliphatic rings. The number of nitrogens with two attached hydrogens (primary N) is 1. The van der Waals surface area contributed by atoms with E-state index in [0.29, 0.717) is 10.8 Å². The molecule has 0 amide bonds. The van der Waals surface area contributed by atoms with E-state index >= 15 is 0 Å². The van der Waals surface area contributed by atoms with Crippen molar-refractivity contribution in [2.24, 2.45) is 0 Å². The minimum atomic E-state index is -0.185. The summed E-state index contributed by atoms with van der Waals surface area (Å²) in [5.41, 5.74) is 9.16. The average molecular weight is 314 g/mol. The number of hydrogen-bond acceptors (Lipinski definition) is 3. The molecule has 0 saturated heterocycles. The molecule has 1 heterocycles. The highest BCUT2D eigenvalue weighted by Gasteiger charge is 2.13. The van der Waals surface area contributed by atoms with Gasteiger partial charge in [0.25, 0.3) is 0 Å². The second-order valence-corrected chi connectivity index (χ2v) is 5.43. The van der Waals surface area contributed by atoms with Gasteiger partial charge in [0.15, 0.2) is 0 Å². The summed E-state index contributed by atoms with van der Waals surface area (Å²) in [4.78, 5) is 0. The van der Waals surface area contributed by atoms with Gasteiger partial charge in [-0.2, -0.15) is 5.10 Å². The highest BCUT2D eigenvalue weighted by atomic mass is 35.5. The van der Waals surface area contributed by atoms with Crippen LogP contribution in [0.15, 0.2) is 54.6 Å². The number of aromatic amines is 1. The molecule has 0 fully saturated rings. The van der Waals surface area contributed by atoms with Crippen LogP contribution >= 0.6 is 11.6 Å². The second-order valence-electron chi connectivity index (χ2n) is 5.02. The molecule has 0 spiro atoms. The van der Waals surface area contributed by atoms with E-state index in [-0.39, 0.29) is 6.10 Å². The topological polar surface area (TPSA) is 63.9 Å². The van der Waals surface area contributed by atoms with Crippen LogP contribution in [0.2, 0.25) is 5.02 Å². The van der Waals surface area contributed by atoms with Crippen LogP contribution in [0.5, 0.6) is 5.75 Å². The van der Waals surface area contributed by atoms with Gasteiger partial charge in [0, 0.05) is 11.3 Å². The van der Waals surface area contributed by atoms with Crippen molar-refractivity contribution in [2.75, 3.05) is 5.73 Å². The van der Waals surface area contributed by atoms with Crippen molar-refractivity contribution >= 4 is 17.3 Å². The van der Waals surface area contributed by atoms with Gasteiger partial charge in [-0.1, -0.05) is 35.9 Å². The molecule has 1 unspecified atom stereocenters. The van der Waals surface area contributed by atoms with Crippen molar-refractivity contribution in [3.63, 3.8) is 0 Å². The zero-order chi connectivity index (χ0) is 15.5. The Labute approximate surface area is 133 Å². The summed E-state index contributed by atoms with van der Waals surface area (Å²) in [6, 6.07) is 17.0. The summed E-state index contributed by atoms with van der Waals surface area (Å²) in [6.07, 6.45) is -0.185. The number of nitrogens with one attached hydrogen (secondary N) is 1. The molecule has 22 heavy (non-hydrogen) atoms. The van der Waals surface area contributed by atoms with Crippen molar-refractivity contribution in [1.29, 1.82) is 0 Å². The fourth-order valence-electron chi connectivity index (χ4n) is 2.14. The average Bonchev–Trinajstić information content (AvgIpc) is 3.00. The van der Waals surface area contributed by atoms with Gasteiger partial charge >= 0.3 is 0 Å². The molecule has 2 aromatic carbocycles. The second kappa shape index (κ2) is 6.12. The first kappa shape index (κ1) is 14.5. The maximum absolute atomic E-state index is 6.11. The molecule has 3 N–H and O–H groups in total. The first-order chi connectivity index (χ1) is 10.6. The number of para-hydroxylation sites is 1. The molecule has 0 saturated carbocycles. The summed E-state index contributed by atoms with van der Waals surface area (Å²) in [7, 11) is 0. The molecule has 3 aromatic rings. The highest BCUT2D eigenvalue weighted by Crippen LogP contribution is 2.29. The van der Waals surface area contributed by atoms with E-state index in [1.165, 1.54) is 0 Å². The Morgan fingerprint density at radius 1 is 1.14 bits per heavy atom. The Morgan fingerprint density at radius 3 is 2.59 bits per heavy atom. The largest absolute Gasteiger partial charge is 0.483 e. The highest BCUT2D eigenvalue weighted by molar-refractivity contribution is 6.32. The standard InChI is InChI=1S/C17H16ClN3O/c1-11(22-17-5-3-2-4-14(17)18)15-10-16(21-20-15)12-6-8-13(19)9-7-12/h2-11H,19H2,1H3,(H,20,21). The van der Waals surface area contributed by atoms with Crippen molar-refractivity contribution in [1.82, 2.24) is 10.2 Å². The fourth-order valence-corrected chi connectivity index (χ4v) is 2.32. The molecule has 4 nitrogen and oxygen atoms in total. The van der Waals surface area contributed by atoms with E-state index in [2.05, 4.69) is 10.2 Å². The third kappa shape index (κ3) is 3.07. The summed E-state index contributed by atoms with van der Waals surface area (Å²) in [5.74, 6) is 0.653. The van der Waals surface area contributed by atoms with Crippen molar-refractivity contribution in [3.8, 4) is 17.0 Å². The van der Waals surface area contributed by atoms with E-state index in [1.54, 1.807) is 6.07 Å². The zero-order valence-electron chi connectivity index (χ0n) is 12.1. The number of nitrogen functional groups attached to an aromatic ring is 1. The third-order valence-corrected chi connectivity index (χ3v) is 3.69. The quantitative estimate of drug-likeness (QED) is 0.699. The van der Waals surface area contributed by atoms with Crippen LogP contribution in [0.1, 0.15) is 18.7 Å². The van der Waals surface area contributed by atoms with E-state index in [0.717, 1.165) is 22.6 Å². The van der Waals surface area contributed by atoms with Gasteiger partial charge in [0.05, 0.1) is 16.4 Å². The van der Waals surface area contributed by atoms with Gasteiger partial charge in [-0.3, -0.25) is 5.10 Å². The van der Waals surface area contributed by atoms with E-state index in [4.69, 9.17) is 22.1 Å². The Balaban J connectivity index is 1.78. The van der Waals surface area contributed by atoms with E-state index in [1.807, 2.05) is 55.5 Å². The molecule has 0 aliphatic heterocycles. The monoisotopic (exact) mass is 313 g/mol. The first-order valence-electron chi connectivity index (χ1n) is 6.96. The fraction of sp³-hybridized carbons (Fsp3) is 0.118. The van der Waals surface area contributed by atoms with Crippen LogP contribution in [-0.2, 0) is 0 Å². The molecule has 1 atom stereocenters. The maximum Gasteiger partial charge on any atom is 0.138 e. The normalized spacial score (nSPS) is 12.1. The minimum absolute atomic E-state index is 0.185.